The number of thioether (sulfide) groups is 1. The van der Waals surface area contributed by atoms with E-state index >= 15 is 0 Å². The van der Waals surface area contributed by atoms with Gasteiger partial charge in [-0.15, -0.1) is 23.1 Å². The number of hydrogen-bond acceptors (Lipinski definition) is 5. The van der Waals surface area contributed by atoms with E-state index in [1.807, 2.05) is 23.0 Å². The van der Waals surface area contributed by atoms with Crippen molar-refractivity contribution < 1.29 is 0 Å². The standard InChI is InChI=1S/C24H22N4S2/c1-17-6-9-20(13-18(17)2)23-16-30-24(27-21-5-4-12-25-15-21)28(23)26-14-19-7-10-22(29-3)11-8-19/h4-16H,1-3H3. The van der Waals surface area contributed by atoms with E-state index in [0.29, 0.717) is 0 Å². The molecule has 2 heterocycles. The summed E-state index contributed by atoms with van der Waals surface area (Å²) in [5, 5.41) is 6.90. The zero-order valence-electron chi connectivity index (χ0n) is 17.1. The third-order valence-corrected chi connectivity index (χ3v) is 6.36. The second kappa shape index (κ2) is 9.24. The van der Waals surface area contributed by atoms with Gasteiger partial charge in [-0.25, -0.2) is 9.67 Å². The van der Waals surface area contributed by atoms with Crippen LogP contribution in [0.5, 0.6) is 0 Å². The van der Waals surface area contributed by atoms with Crippen LogP contribution >= 0.6 is 23.1 Å². The van der Waals surface area contributed by atoms with Crippen LogP contribution < -0.4 is 4.80 Å². The van der Waals surface area contributed by atoms with Crippen LogP contribution in [-0.2, 0) is 0 Å². The lowest BCUT2D eigenvalue weighted by Gasteiger charge is -2.06. The molecule has 0 unspecified atom stereocenters. The lowest BCUT2D eigenvalue weighted by atomic mass is 10.1. The fourth-order valence-electron chi connectivity index (χ4n) is 2.93. The zero-order valence-corrected chi connectivity index (χ0v) is 18.7. The van der Waals surface area contributed by atoms with Crippen LogP contribution in [0.2, 0.25) is 0 Å². The predicted molar refractivity (Wildman–Crippen MR) is 128 cm³/mol. The summed E-state index contributed by atoms with van der Waals surface area (Å²) in [7, 11) is 0. The van der Waals surface area contributed by atoms with E-state index in [4.69, 9.17) is 10.1 Å². The van der Waals surface area contributed by atoms with E-state index in [1.54, 1.807) is 35.5 Å². The summed E-state index contributed by atoms with van der Waals surface area (Å²) in [6.07, 6.45) is 7.46. The Kier molecular flexibility index (Phi) is 6.26. The average molecular weight is 431 g/mol. The van der Waals surface area contributed by atoms with Crippen molar-refractivity contribution in [2.45, 2.75) is 18.7 Å². The molecule has 0 atom stereocenters. The first-order valence-electron chi connectivity index (χ1n) is 9.55. The number of aryl methyl sites for hydroxylation is 2. The monoisotopic (exact) mass is 430 g/mol. The summed E-state index contributed by atoms with van der Waals surface area (Å²) in [5.74, 6) is 0. The van der Waals surface area contributed by atoms with E-state index in [-0.39, 0.29) is 0 Å². The Morgan fingerprint density at radius 3 is 2.57 bits per heavy atom. The van der Waals surface area contributed by atoms with Gasteiger partial charge in [0.05, 0.1) is 23.8 Å². The van der Waals surface area contributed by atoms with Crippen LogP contribution in [0.15, 0.2) is 87.4 Å². The van der Waals surface area contributed by atoms with Gasteiger partial charge >= 0.3 is 0 Å². The molecule has 0 aliphatic rings. The molecule has 6 heteroatoms. The molecule has 0 N–H and O–H groups in total. The van der Waals surface area contributed by atoms with E-state index in [2.05, 4.69) is 72.9 Å². The number of aromatic nitrogens is 2. The lowest BCUT2D eigenvalue weighted by Crippen LogP contribution is -2.11. The summed E-state index contributed by atoms with van der Waals surface area (Å²) < 4.78 is 1.91. The number of nitrogens with zero attached hydrogens (tertiary/aromatic N) is 4. The highest BCUT2D eigenvalue weighted by molar-refractivity contribution is 7.98. The van der Waals surface area contributed by atoms with Crippen LogP contribution in [0.4, 0.5) is 5.69 Å². The van der Waals surface area contributed by atoms with Gasteiger partial charge in [-0.05, 0) is 67.1 Å². The summed E-state index contributed by atoms with van der Waals surface area (Å²) >= 11 is 3.30. The van der Waals surface area contributed by atoms with Crippen molar-refractivity contribution in [3.63, 3.8) is 0 Å². The zero-order chi connectivity index (χ0) is 20.9. The fourth-order valence-corrected chi connectivity index (χ4v) is 4.20. The Bertz CT molecular complexity index is 1240. The Balaban J connectivity index is 1.81. The van der Waals surface area contributed by atoms with Crippen molar-refractivity contribution in [1.82, 2.24) is 9.66 Å². The Morgan fingerprint density at radius 1 is 1.03 bits per heavy atom. The number of benzene rings is 2. The first kappa shape index (κ1) is 20.3. The van der Waals surface area contributed by atoms with Gasteiger partial charge in [-0.1, -0.05) is 24.3 Å². The Hall–Kier alpha value is -2.96. The molecule has 0 aliphatic carbocycles. The van der Waals surface area contributed by atoms with Crippen molar-refractivity contribution >= 4 is 35.0 Å². The molecule has 0 radical (unpaired) electrons. The molecule has 0 saturated carbocycles. The van der Waals surface area contributed by atoms with Crippen LogP contribution in [0, 0.1) is 13.8 Å². The summed E-state index contributed by atoms with van der Waals surface area (Å²) in [6.45, 7) is 4.26. The molecule has 0 saturated heterocycles. The number of hydrogen-bond donors (Lipinski definition) is 0. The molecule has 0 amide bonds. The molecular weight excluding hydrogens is 408 g/mol. The van der Waals surface area contributed by atoms with Crippen molar-refractivity contribution in [3.05, 3.63) is 93.9 Å². The molecule has 0 bridgehead atoms. The molecule has 2 aromatic carbocycles. The van der Waals surface area contributed by atoms with Gasteiger partial charge in [-0.2, -0.15) is 5.10 Å². The molecular formula is C24H22N4S2. The predicted octanol–water partition coefficient (Wildman–Crippen LogP) is 6.06. The van der Waals surface area contributed by atoms with Crippen molar-refractivity contribution in [3.8, 4) is 11.3 Å². The topological polar surface area (TPSA) is 42.5 Å². The first-order valence-corrected chi connectivity index (χ1v) is 11.7. The highest BCUT2D eigenvalue weighted by Crippen LogP contribution is 2.23. The molecule has 0 fully saturated rings. The van der Waals surface area contributed by atoms with Crippen molar-refractivity contribution in [2.24, 2.45) is 10.1 Å². The molecule has 4 aromatic rings. The maximum Gasteiger partial charge on any atom is 0.211 e. The molecule has 0 spiro atoms. The van der Waals surface area contributed by atoms with Gasteiger partial charge < -0.3 is 0 Å². The molecule has 4 nitrogen and oxygen atoms in total. The summed E-state index contributed by atoms with van der Waals surface area (Å²) in [5.41, 5.74) is 6.52. The van der Waals surface area contributed by atoms with Gasteiger partial charge in [0.15, 0.2) is 0 Å². The maximum atomic E-state index is 4.80. The number of thiazole rings is 1. The minimum Gasteiger partial charge on any atom is -0.262 e. The third-order valence-electron chi connectivity index (χ3n) is 4.80. The van der Waals surface area contributed by atoms with Gasteiger partial charge in [0.1, 0.15) is 0 Å². The van der Waals surface area contributed by atoms with Crippen LogP contribution in [0.25, 0.3) is 11.3 Å². The van der Waals surface area contributed by atoms with Crippen LogP contribution in [-0.4, -0.2) is 22.1 Å². The smallest absolute Gasteiger partial charge is 0.211 e. The third kappa shape index (κ3) is 4.61. The van der Waals surface area contributed by atoms with Crippen molar-refractivity contribution in [2.75, 3.05) is 6.26 Å². The molecule has 2 aromatic heterocycles. The quantitative estimate of drug-likeness (QED) is 0.285. The molecule has 0 aliphatic heterocycles. The SMILES string of the molecule is CSc1ccc(C=Nn2c(-c3ccc(C)c(C)c3)csc2=Nc2cccnc2)cc1. The van der Waals surface area contributed by atoms with E-state index < -0.39 is 0 Å². The average Bonchev–Trinajstić information content (AvgIpc) is 3.17. The van der Waals surface area contributed by atoms with E-state index in [9.17, 15) is 0 Å². The maximum absolute atomic E-state index is 4.80. The van der Waals surface area contributed by atoms with Gasteiger partial charge in [0, 0.05) is 22.0 Å². The Labute approximate surface area is 184 Å². The molecule has 4 rings (SSSR count). The number of rotatable bonds is 5. The second-order valence-electron chi connectivity index (χ2n) is 6.86. The summed E-state index contributed by atoms with van der Waals surface area (Å²) in [6, 6.07) is 18.7. The van der Waals surface area contributed by atoms with Crippen LogP contribution in [0.1, 0.15) is 16.7 Å². The first-order chi connectivity index (χ1) is 14.6. The van der Waals surface area contributed by atoms with Gasteiger partial charge in [0.25, 0.3) is 0 Å². The second-order valence-corrected chi connectivity index (χ2v) is 8.57. The van der Waals surface area contributed by atoms with E-state index in [1.165, 1.54) is 16.0 Å². The van der Waals surface area contributed by atoms with Crippen molar-refractivity contribution in [1.29, 1.82) is 0 Å². The largest absolute Gasteiger partial charge is 0.262 e. The minimum absolute atomic E-state index is 0.799. The van der Waals surface area contributed by atoms with Gasteiger partial charge in [-0.3, -0.25) is 4.98 Å². The molecule has 150 valence electrons. The van der Waals surface area contributed by atoms with Crippen LogP contribution in [0.3, 0.4) is 0 Å². The summed E-state index contributed by atoms with van der Waals surface area (Å²) in [4.78, 5) is 11.0. The minimum atomic E-state index is 0.799. The number of pyridine rings is 1. The fraction of sp³-hybridized carbons (Fsp3) is 0.125. The van der Waals surface area contributed by atoms with E-state index in [0.717, 1.165) is 27.3 Å². The highest BCUT2D eigenvalue weighted by atomic mass is 32.2. The molecule has 30 heavy (non-hydrogen) atoms. The Morgan fingerprint density at radius 2 is 1.87 bits per heavy atom. The highest BCUT2D eigenvalue weighted by Gasteiger charge is 2.09. The lowest BCUT2D eigenvalue weighted by molar-refractivity contribution is 0.854. The van der Waals surface area contributed by atoms with Gasteiger partial charge in [0.2, 0.25) is 4.80 Å². The normalized spacial score (nSPS) is 12.0.